The maximum absolute atomic E-state index is 10.6. The number of ether oxygens (including phenoxy) is 3. The molecule has 110 valence electrons. The third kappa shape index (κ3) is 3.87. The summed E-state index contributed by atoms with van der Waals surface area (Å²) in [5.41, 5.74) is 0.984. The van der Waals surface area contributed by atoms with Gasteiger partial charge in [-0.2, -0.15) is 0 Å². The number of aryl methyl sites for hydroxylation is 1. The molecule has 0 saturated carbocycles. The summed E-state index contributed by atoms with van der Waals surface area (Å²) >= 11 is 0. The third-order valence-corrected chi connectivity index (χ3v) is 3.29. The zero-order valence-corrected chi connectivity index (χ0v) is 11.6. The van der Waals surface area contributed by atoms with Gasteiger partial charge in [0.25, 0.3) is 0 Å². The van der Waals surface area contributed by atoms with Gasteiger partial charge in [-0.15, -0.1) is 0 Å². The molecule has 2 rings (SSSR count). The summed E-state index contributed by atoms with van der Waals surface area (Å²) in [6.07, 6.45) is 2.31. The Morgan fingerprint density at radius 2 is 2.35 bits per heavy atom. The van der Waals surface area contributed by atoms with Crippen LogP contribution in [0, 0.1) is 0 Å². The van der Waals surface area contributed by atoms with Crippen molar-refractivity contribution in [2.75, 3.05) is 20.3 Å². The number of hydrogen-bond acceptors (Lipinski definition) is 4. The van der Waals surface area contributed by atoms with Crippen LogP contribution in [0.15, 0.2) is 18.2 Å². The van der Waals surface area contributed by atoms with E-state index in [-0.39, 0.29) is 12.5 Å². The van der Waals surface area contributed by atoms with Crippen LogP contribution in [0.1, 0.15) is 24.8 Å². The van der Waals surface area contributed by atoms with E-state index < -0.39 is 5.97 Å². The van der Waals surface area contributed by atoms with Crippen LogP contribution in [0.5, 0.6) is 11.5 Å². The van der Waals surface area contributed by atoms with Gasteiger partial charge in [0, 0.05) is 12.8 Å². The number of benzene rings is 1. The van der Waals surface area contributed by atoms with E-state index in [1.165, 1.54) is 0 Å². The number of carboxylic acids is 1. The standard InChI is InChI=1S/C15H20O5/c1-18-13-6-2-4-11(5-3-7-14(16)17)15(13)20-12-8-9-19-10-12/h2,4,6,12H,3,5,7-10H2,1H3,(H,16,17). The molecule has 5 heteroatoms. The molecule has 0 aromatic heterocycles. The lowest BCUT2D eigenvalue weighted by molar-refractivity contribution is -0.137. The van der Waals surface area contributed by atoms with Gasteiger partial charge in [-0.1, -0.05) is 12.1 Å². The molecule has 1 aliphatic heterocycles. The molecular formula is C15H20O5. The molecule has 0 aliphatic carbocycles. The lowest BCUT2D eigenvalue weighted by atomic mass is 10.1. The van der Waals surface area contributed by atoms with Gasteiger partial charge in [-0.3, -0.25) is 4.79 Å². The Kier molecular flexibility index (Phi) is 5.24. The Bertz CT molecular complexity index is 452. The molecule has 1 N–H and O–H groups in total. The van der Waals surface area contributed by atoms with Gasteiger partial charge >= 0.3 is 5.97 Å². The Morgan fingerprint density at radius 3 is 3.00 bits per heavy atom. The van der Waals surface area contributed by atoms with Gasteiger partial charge < -0.3 is 19.3 Å². The van der Waals surface area contributed by atoms with Crippen molar-refractivity contribution in [1.82, 2.24) is 0 Å². The predicted molar refractivity (Wildman–Crippen MR) is 73.4 cm³/mol. The van der Waals surface area contributed by atoms with Crippen LogP contribution in [-0.2, 0) is 16.0 Å². The topological polar surface area (TPSA) is 65.0 Å². The van der Waals surface area contributed by atoms with Gasteiger partial charge in [0.1, 0.15) is 6.10 Å². The van der Waals surface area contributed by atoms with Crippen LogP contribution in [0.3, 0.4) is 0 Å². The Balaban J connectivity index is 2.09. The second-order valence-electron chi connectivity index (χ2n) is 4.80. The van der Waals surface area contributed by atoms with Crippen molar-refractivity contribution in [3.8, 4) is 11.5 Å². The van der Waals surface area contributed by atoms with Crippen LogP contribution in [0.2, 0.25) is 0 Å². The minimum Gasteiger partial charge on any atom is -0.493 e. The highest BCUT2D eigenvalue weighted by atomic mass is 16.6. The van der Waals surface area contributed by atoms with E-state index in [9.17, 15) is 4.79 Å². The molecule has 1 aromatic rings. The summed E-state index contributed by atoms with van der Waals surface area (Å²) in [5.74, 6) is 0.625. The van der Waals surface area contributed by atoms with Crippen molar-refractivity contribution in [2.45, 2.75) is 31.8 Å². The average molecular weight is 280 g/mol. The van der Waals surface area contributed by atoms with Crippen molar-refractivity contribution in [1.29, 1.82) is 0 Å². The van der Waals surface area contributed by atoms with Crippen molar-refractivity contribution >= 4 is 5.97 Å². The second kappa shape index (κ2) is 7.14. The van der Waals surface area contributed by atoms with Crippen molar-refractivity contribution in [3.05, 3.63) is 23.8 Å². The molecule has 1 aliphatic rings. The van der Waals surface area contributed by atoms with Gasteiger partial charge in [-0.25, -0.2) is 0 Å². The third-order valence-electron chi connectivity index (χ3n) is 3.29. The summed E-state index contributed by atoms with van der Waals surface area (Å²) in [6, 6.07) is 5.70. The number of hydrogen-bond donors (Lipinski definition) is 1. The normalized spacial score (nSPS) is 17.9. The summed E-state index contributed by atoms with van der Waals surface area (Å²) in [5, 5.41) is 8.72. The Morgan fingerprint density at radius 1 is 1.50 bits per heavy atom. The van der Waals surface area contributed by atoms with E-state index in [1.54, 1.807) is 7.11 Å². The largest absolute Gasteiger partial charge is 0.493 e. The first-order valence-electron chi connectivity index (χ1n) is 6.82. The predicted octanol–water partition coefficient (Wildman–Crippen LogP) is 2.27. The monoisotopic (exact) mass is 280 g/mol. The minimum atomic E-state index is -0.778. The maximum atomic E-state index is 10.6. The molecule has 1 aromatic carbocycles. The zero-order chi connectivity index (χ0) is 14.4. The molecule has 1 fully saturated rings. The molecule has 5 nitrogen and oxygen atoms in total. The van der Waals surface area contributed by atoms with E-state index in [1.807, 2.05) is 18.2 Å². The summed E-state index contributed by atoms with van der Waals surface area (Å²) in [4.78, 5) is 10.6. The first kappa shape index (κ1) is 14.7. The second-order valence-corrected chi connectivity index (χ2v) is 4.80. The fraction of sp³-hybridized carbons (Fsp3) is 0.533. The first-order valence-corrected chi connectivity index (χ1v) is 6.82. The fourth-order valence-corrected chi connectivity index (χ4v) is 2.26. The van der Waals surface area contributed by atoms with E-state index in [4.69, 9.17) is 19.3 Å². The number of para-hydroxylation sites is 1. The number of carbonyl (C=O) groups is 1. The zero-order valence-electron chi connectivity index (χ0n) is 11.6. The van der Waals surface area contributed by atoms with Crippen molar-refractivity contribution in [2.24, 2.45) is 0 Å². The molecule has 1 unspecified atom stereocenters. The number of aliphatic carboxylic acids is 1. The Labute approximate surface area is 118 Å². The molecule has 1 atom stereocenters. The lowest BCUT2D eigenvalue weighted by Gasteiger charge is -2.18. The van der Waals surface area contributed by atoms with E-state index in [0.717, 1.165) is 17.7 Å². The van der Waals surface area contributed by atoms with Crippen LogP contribution >= 0.6 is 0 Å². The number of rotatable bonds is 7. The molecule has 1 saturated heterocycles. The van der Waals surface area contributed by atoms with Crippen LogP contribution in [0.4, 0.5) is 0 Å². The molecule has 20 heavy (non-hydrogen) atoms. The van der Waals surface area contributed by atoms with Crippen LogP contribution in [0.25, 0.3) is 0 Å². The fourth-order valence-electron chi connectivity index (χ4n) is 2.26. The van der Waals surface area contributed by atoms with Gasteiger partial charge in [-0.05, 0) is 24.5 Å². The SMILES string of the molecule is COc1cccc(CCCC(=O)O)c1OC1CCOC1. The quantitative estimate of drug-likeness (QED) is 0.830. The lowest BCUT2D eigenvalue weighted by Crippen LogP contribution is -2.17. The molecule has 1 heterocycles. The van der Waals surface area contributed by atoms with E-state index >= 15 is 0 Å². The van der Waals surface area contributed by atoms with Crippen molar-refractivity contribution in [3.63, 3.8) is 0 Å². The average Bonchev–Trinajstić information content (AvgIpc) is 2.93. The van der Waals surface area contributed by atoms with E-state index in [0.29, 0.717) is 31.8 Å². The highest BCUT2D eigenvalue weighted by Crippen LogP contribution is 2.33. The molecule has 0 radical (unpaired) electrons. The summed E-state index contributed by atoms with van der Waals surface area (Å²) < 4.78 is 16.6. The maximum Gasteiger partial charge on any atom is 0.303 e. The van der Waals surface area contributed by atoms with Crippen LogP contribution in [-0.4, -0.2) is 37.5 Å². The number of carboxylic acid groups (broad SMARTS) is 1. The smallest absolute Gasteiger partial charge is 0.303 e. The molecular weight excluding hydrogens is 260 g/mol. The van der Waals surface area contributed by atoms with Crippen molar-refractivity contribution < 1.29 is 24.1 Å². The Hall–Kier alpha value is -1.75. The van der Waals surface area contributed by atoms with Gasteiger partial charge in [0.15, 0.2) is 11.5 Å². The van der Waals surface area contributed by atoms with E-state index in [2.05, 4.69) is 0 Å². The highest BCUT2D eigenvalue weighted by Gasteiger charge is 2.21. The first-order chi connectivity index (χ1) is 9.70. The highest BCUT2D eigenvalue weighted by molar-refractivity contribution is 5.66. The number of methoxy groups -OCH3 is 1. The van der Waals surface area contributed by atoms with Gasteiger partial charge in [0.05, 0.1) is 20.3 Å². The van der Waals surface area contributed by atoms with Gasteiger partial charge in [0.2, 0.25) is 0 Å². The summed E-state index contributed by atoms with van der Waals surface area (Å²) in [6.45, 7) is 1.31. The molecule has 0 bridgehead atoms. The molecule has 0 amide bonds. The summed E-state index contributed by atoms with van der Waals surface area (Å²) in [7, 11) is 1.61. The molecule has 0 spiro atoms. The minimum absolute atomic E-state index is 0.0459. The van der Waals surface area contributed by atoms with Crippen LogP contribution < -0.4 is 9.47 Å².